The summed E-state index contributed by atoms with van der Waals surface area (Å²) in [7, 11) is 1.37. The van der Waals surface area contributed by atoms with Gasteiger partial charge in [0.25, 0.3) is 11.5 Å². The first-order valence-corrected chi connectivity index (χ1v) is 5.75. The van der Waals surface area contributed by atoms with Crippen LogP contribution in [0.2, 0.25) is 0 Å². The number of halogens is 1. The van der Waals surface area contributed by atoms with Gasteiger partial charge in [-0.2, -0.15) is 0 Å². The van der Waals surface area contributed by atoms with Gasteiger partial charge in [-0.25, -0.2) is 9.37 Å². The number of hydrogen-bond donors (Lipinski definition) is 2. The monoisotopic (exact) mass is 277 g/mol. The summed E-state index contributed by atoms with van der Waals surface area (Å²) in [5.41, 5.74) is 0.157. The number of hydrogen-bond acceptors (Lipinski definition) is 4. The number of benzene rings is 1. The summed E-state index contributed by atoms with van der Waals surface area (Å²) in [6.07, 6.45) is 1.14. The maximum Gasteiger partial charge on any atom is 0.270 e. The van der Waals surface area contributed by atoms with E-state index in [1.807, 2.05) is 0 Å². The Kier molecular flexibility index (Phi) is 4.09. The fourth-order valence-electron chi connectivity index (χ4n) is 1.59. The summed E-state index contributed by atoms with van der Waals surface area (Å²) >= 11 is 0. The average Bonchev–Trinajstić information content (AvgIpc) is 2.45. The maximum atomic E-state index is 13.5. The van der Waals surface area contributed by atoms with Crippen LogP contribution in [0.4, 0.5) is 4.39 Å². The van der Waals surface area contributed by atoms with Crippen molar-refractivity contribution in [3.8, 4) is 5.75 Å². The predicted octanol–water partition coefficient (Wildman–Crippen LogP) is 0.848. The number of aromatic nitrogens is 2. The molecule has 6 nitrogen and oxygen atoms in total. The molecule has 7 heteroatoms. The summed E-state index contributed by atoms with van der Waals surface area (Å²) in [6.45, 7) is 0.119. The zero-order valence-corrected chi connectivity index (χ0v) is 10.6. The Labute approximate surface area is 113 Å². The van der Waals surface area contributed by atoms with Crippen LogP contribution in [0.1, 0.15) is 16.1 Å². The predicted molar refractivity (Wildman–Crippen MR) is 69.0 cm³/mol. The number of nitrogens with one attached hydrogen (secondary N) is 2. The molecule has 1 aromatic carbocycles. The standard InChI is InChI=1S/C13H12FN3O3/c1-20-11-3-2-8(4-9(11)14)6-15-13(19)10-5-12(18)17-7-16-10/h2-5,7H,6H2,1H3,(H,15,19)(H,16,17,18). The Bertz CT molecular complexity index is 685. The second-order valence-electron chi connectivity index (χ2n) is 3.95. The Morgan fingerprint density at radius 3 is 2.90 bits per heavy atom. The highest BCUT2D eigenvalue weighted by molar-refractivity contribution is 5.91. The van der Waals surface area contributed by atoms with Crippen molar-refractivity contribution in [3.05, 3.63) is 58.0 Å². The average molecular weight is 277 g/mol. The Hall–Kier alpha value is -2.70. The van der Waals surface area contributed by atoms with Crippen LogP contribution in [-0.2, 0) is 6.54 Å². The second-order valence-corrected chi connectivity index (χ2v) is 3.95. The van der Waals surface area contributed by atoms with E-state index in [1.165, 1.54) is 19.2 Å². The van der Waals surface area contributed by atoms with Crippen LogP contribution in [0.5, 0.6) is 5.75 Å². The van der Waals surface area contributed by atoms with E-state index >= 15 is 0 Å². The number of methoxy groups -OCH3 is 1. The van der Waals surface area contributed by atoms with Gasteiger partial charge in [0.05, 0.1) is 13.4 Å². The number of carbonyl (C=O) groups is 1. The van der Waals surface area contributed by atoms with E-state index in [-0.39, 0.29) is 18.0 Å². The third-order valence-corrected chi connectivity index (χ3v) is 2.58. The van der Waals surface area contributed by atoms with Gasteiger partial charge in [-0.15, -0.1) is 0 Å². The van der Waals surface area contributed by atoms with Crippen LogP contribution >= 0.6 is 0 Å². The van der Waals surface area contributed by atoms with E-state index in [9.17, 15) is 14.0 Å². The van der Waals surface area contributed by atoms with Gasteiger partial charge in [0.2, 0.25) is 0 Å². The molecule has 2 aromatic rings. The Balaban J connectivity index is 2.03. The van der Waals surface area contributed by atoms with Crippen molar-refractivity contribution in [2.45, 2.75) is 6.54 Å². The number of nitrogens with zero attached hydrogens (tertiary/aromatic N) is 1. The van der Waals surface area contributed by atoms with Gasteiger partial charge in [-0.3, -0.25) is 9.59 Å². The lowest BCUT2D eigenvalue weighted by Gasteiger charge is -2.06. The topological polar surface area (TPSA) is 84.1 Å². The van der Waals surface area contributed by atoms with Crippen molar-refractivity contribution >= 4 is 5.91 Å². The molecule has 0 aliphatic carbocycles. The van der Waals surface area contributed by atoms with Gasteiger partial charge in [0.1, 0.15) is 5.69 Å². The lowest BCUT2D eigenvalue weighted by Crippen LogP contribution is -2.25. The molecule has 0 saturated carbocycles. The molecule has 0 bridgehead atoms. The molecule has 20 heavy (non-hydrogen) atoms. The third kappa shape index (κ3) is 3.19. The molecule has 104 valence electrons. The molecule has 0 spiro atoms. The fraction of sp³-hybridized carbons (Fsp3) is 0.154. The molecule has 0 aliphatic heterocycles. The minimum atomic E-state index is -0.507. The summed E-state index contributed by atoms with van der Waals surface area (Å²) < 4.78 is 18.3. The lowest BCUT2D eigenvalue weighted by molar-refractivity contribution is 0.0945. The van der Waals surface area contributed by atoms with Crippen LogP contribution in [0.3, 0.4) is 0 Å². The van der Waals surface area contributed by atoms with E-state index in [1.54, 1.807) is 6.07 Å². The Morgan fingerprint density at radius 1 is 1.45 bits per heavy atom. The van der Waals surface area contributed by atoms with Gasteiger partial charge in [-0.05, 0) is 17.7 Å². The molecular weight excluding hydrogens is 265 g/mol. The van der Waals surface area contributed by atoms with E-state index in [4.69, 9.17) is 4.74 Å². The number of H-pyrrole nitrogens is 1. The van der Waals surface area contributed by atoms with Crippen molar-refractivity contribution in [1.82, 2.24) is 15.3 Å². The fourth-order valence-corrected chi connectivity index (χ4v) is 1.59. The minimum absolute atomic E-state index is 0.00253. The Morgan fingerprint density at radius 2 is 2.25 bits per heavy atom. The number of rotatable bonds is 4. The van der Waals surface area contributed by atoms with Gasteiger partial charge >= 0.3 is 0 Å². The van der Waals surface area contributed by atoms with Crippen molar-refractivity contribution in [3.63, 3.8) is 0 Å². The highest BCUT2D eigenvalue weighted by atomic mass is 19.1. The van der Waals surface area contributed by atoms with Crippen LogP contribution in [0.15, 0.2) is 35.4 Å². The van der Waals surface area contributed by atoms with Crippen molar-refractivity contribution < 1.29 is 13.9 Å². The summed E-state index contributed by atoms with van der Waals surface area (Å²) in [5.74, 6) is -0.878. The first-order chi connectivity index (χ1) is 9.60. The number of aromatic amines is 1. The minimum Gasteiger partial charge on any atom is -0.494 e. The lowest BCUT2D eigenvalue weighted by atomic mass is 10.2. The highest BCUT2D eigenvalue weighted by Crippen LogP contribution is 2.17. The molecule has 1 heterocycles. The number of amides is 1. The summed E-state index contributed by atoms with van der Waals surface area (Å²) in [5, 5.41) is 2.55. The molecule has 1 amide bonds. The molecule has 0 saturated heterocycles. The van der Waals surface area contributed by atoms with E-state index < -0.39 is 17.3 Å². The van der Waals surface area contributed by atoms with Gasteiger partial charge < -0.3 is 15.0 Å². The van der Waals surface area contributed by atoms with Crippen LogP contribution in [0.25, 0.3) is 0 Å². The SMILES string of the molecule is COc1ccc(CNC(=O)c2cc(=O)[nH]cn2)cc1F. The van der Waals surface area contributed by atoms with Crippen molar-refractivity contribution in [2.24, 2.45) is 0 Å². The van der Waals surface area contributed by atoms with E-state index in [0.29, 0.717) is 5.56 Å². The zero-order valence-electron chi connectivity index (χ0n) is 10.6. The first kappa shape index (κ1) is 13.7. The molecule has 0 aliphatic rings. The number of carbonyl (C=O) groups excluding carboxylic acids is 1. The first-order valence-electron chi connectivity index (χ1n) is 5.75. The molecule has 2 N–H and O–H groups in total. The van der Waals surface area contributed by atoms with Crippen LogP contribution in [0, 0.1) is 5.82 Å². The zero-order chi connectivity index (χ0) is 14.5. The van der Waals surface area contributed by atoms with Crippen LogP contribution in [-0.4, -0.2) is 23.0 Å². The second kappa shape index (κ2) is 5.96. The quantitative estimate of drug-likeness (QED) is 0.867. The van der Waals surface area contributed by atoms with Gasteiger partial charge in [0.15, 0.2) is 11.6 Å². The van der Waals surface area contributed by atoms with E-state index in [2.05, 4.69) is 15.3 Å². The third-order valence-electron chi connectivity index (χ3n) is 2.58. The molecule has 0 fully saturated rings. The molecular formula is C13H12FN3O3. The van der Waals surface area contributed by atoms with E-state index in [0.717, 1.165) is 12.4 Å². The molecule has 1 aromatic heterocycles. The van der Waals surface area contributed by atoms with Crippen molar-refractivity contribution in [1.29, 1.82) is 0 Å². The molecule has 0 atom stereocenters. The molecule has 0 unspecified atom stereocenters. The summed E-state index contributed by atoms with van der Waals surface area (Å²) in [6, 6.07) is 5.46. The van der Waals surface area contributed by atoms with Crippen molar-refractivity contribution in [2.75, 3.05) is 7.11 Å². The smallest absolute Gasteiger partial charge is 0.270 e. The normalized spacial score (nSPS) is 10.1. The van der Waals surface area contributed by atoms with Crippen LogP contribution < -0.4 is 15.6 Å². The summed E-state index contributed by atoms with van der Waals surface area (Å²) in [4.78, 5) is 28.8. The highest BCUT2D eigenvalue weighted by Gasteiger charge is 2.08. The van der Waals surface area contributed by atoms with Gasteiger partial charge in [0, 0.05) is 12.6 Å². The molecule has 2 rings (SSSR count). The van der Waals surface area contributed by atoms with Gasteiger partial charge in [-0.1, -0.05) is 6.07 Å². The maximum absolute atomic E-state index is 13.5. The molecule has 0 radical (unpaired) electrons. The largest absolute Gasteiger partial charge is 0.494 e. The number of ether oxygens (including phenoxy) is 1.